The summed E-state index contributed by atoms with van der Waals surface area (Å²) in [5.74, 6) is -2.19. The van der Waals surface area contributed by atoms with Crippen LogP contribution in [0.4, 0.5) is 8.78 Å². The van der Waals surface area contributed by atoms with Crippen molar-refractivity contribution in [3.05, 3.63) is 47.8 Å². The van der Waals surface area contributed by atoms with Crippen LogP contribution in [-0.2, 0) is 21.1 Å². The molecule has 0 atom stereocenters. The van der Waals surface area contributed by atoms with Gasteiger partial charge in [0.1, 0.15) is 11.6 Å². The van der Waals surface area contributed by atoms with E-state index in [1.54, 1.807) is 6.20 Å². The van der Waals surface area contributed by atoms with Crippen LogP contribution in [-0.4, -0.2) is 18.0 Å². The molecule has 1 aromatic carbocycles. The highest BCUT2D eigenvalue weighted by atomic mass is 32.2. The molecule has 0 saturated carbocycles. The number of nitrogens with zero attached hydrogens (tertiary/aromatic N) is 2. The first-order chi connectivity index (χ1) is 9.61. The summed E-state index contributed by atoms with van der Waals surface area (Å²) < 4.78 is 52.9. The van der Waals surface area contributed by atoms with Crippen molar-refractivity contribution in [2.45, 2.75) is 37.2 Å². The minimum absolute atomic E-state index is 0.0835. The Morgan fingerprint density at radius 2 is 1.90 bits per heavy atom. The van der Waals surface area contributed by atoms with E-state index in [1.807, 2.05) is 20.8 Å². The lowest BCUT2D eigenvalue weighted by Crippen LogP contribution is -2.26. The van der Waals surface area contributed by atoms with Crippen LogP contribution in [0.3, 0.4) is 0 Å². The van der Waals surface area contributed by atoms with E-state index in [0.717, 1.165) is 12.1 Å². The van der Waals surface area contributed by atoms with Crippen LogP contribution in [0.15, 0.2) is 35.7 Å². The van der Waals surface area contributed by atoms with Gasteiger partial charge >= 0.3 is 0 Å². The molecule has 4 nitrogen and oxygen atoms in total. The third-order valence-corrected chi connectivity index (χ3v) is 4.52. The van der Waals surface area contributed by atoms with E-state index in [0.29, 0.717) is 6.07 Å². The molecular weight excluding hydrogens is 298 g/mol. The first-order valence-electron chi connectivity index (χ1n) is 6.32. The largest absolute Gasteiger partial charge is 0.317 e. The smallest absolute Gasteiger partial charge is 0.228 e. The molecule has 21 heavy (non-hydrogen) atoms. The van der Waals surface area contributed by atoms with Crippen LogP contribution in [0.1, 0.15) is 26.3 Å². The topological polar surface area (TPSA) is 52.0 Å². The van der Waals surface area contributed by atoms with Crippen LogP contribution in [0.25, 0.3) is 0 Å². The number of sulfone groups is 1. The van der Waals surface area contributed by atoms with Gasteiger partial charge in [0.2, 0.25) is 15.0 Å². The number of benzene rings is 1. The quantitative estimate of drug-likeness (QED) is 0.875. The highest BCUT2D eigenvalue weighted by Crippen LogP contribution is 2.23. The highest BCUT2D eigenvalue weighted by molar-refractivity contribution is 7.90. The van der Waals surface area contributed by atoms with Crippen LogP contribution in [0, 0.1) is 11.6 Å². The third-order valence-electron chi connectivity index (χ3n) is 2.97. The third kappa shape index (κ3) is 3.29. The Hall–Kier alpha value is -1.76. The zero-order valence-corrected chi connectivity index (χ0v) is 12.8. The summed E-state index contributed by atoms with van der Waals surface area (Å²) in [7, 11) is -3.83. The van der Waals surface area contributed by atoms with E-state index in [4.69, 9.17) is 0 Å². The summed E-state index contributed by atoms with van der Waals surface area (Å²) in [4.78, 5) is 3.88. The Morgan fingerprint density at radius 3 is 2.48 bits per heavy atom. The first-order valence-corrected chi connectivity index (χ1v) is 7.97. The molecule has 2 rings (SSSR count). The second kappa shape index (κ2) is 5.22. The molecule has 0 radical (unpaired) electrons. The van der Waals surface area contributed by atoms with E-state index in [9.17, 15) is 17.2 Å². The van der Waals surface area contributed by atoms with Gasteiger partial charge in [-0.3, -0.25) is 0 Å². The van der Waals surface area contributed by atoms with Gasteiger partial charge in [0.25, 0.3) is 0 Å². The van der Waals surface area contributed by atoms with E-state index in [1.165, 1.54) is 10.8 Å². The van der Waals surface area contributed by atoms with Crippen LogP contribution in [0.2, 0.25) is 0 Å². The van der Waals surface area contributed by atoms with Gasteiger partial charge in [0.15, 0.2) is 0 Å². The van der Waals surface area contributed by atoms with Crippen molar-refractivity contribution in [1.29, 1.82) is 0 Å². The number of halogens is 2. The zero-order valence-electron chi connectivity index (χ0n) is 12.0. The summed E-state index contributed by atoms with van der Waals surface area (Å²) in [6.45, 7) is 5.52. The summed E-state index contributed by atoms with van der Waals surface area (Å²) >= 11 is 0. The molecule has 0 fully saturated rings. The molecule has 7 heteroatoms. The van der Waals surface area contributed by atoms with Gasteiger partial charge in [0, 0.05) is 29.6 Å². The van der Waals surface area contributed by atoms with Crippen LogP contribution in [0.5, 0.6) is 0 Å². The lowest BCUT2D eigenvalue weighted by Gasteiger charge is -2.23. The fourth-order valence-corrected chi connectivity index (χ4v) is 3.57. The van der Waals surface area contributed by atoms with Gasteiger partial charge in [-0.2, -0.15) is 0 Å². The first kappa shape index (κ1) is 15.6. The molecule has 0 N–H and O–H groups in total. The molecule has 0 amide bonds. The van der Waals surface area contributed by atoms with Crippen molar-refractivity contribution in [1.82, 2.24) is 9.55 Å². The average molecular weight is 314 g/mol. The molecule has 114 valence electrons. The predicted octanol–water partition coefficient (Wildman–Crippen LogP) is 2.89. The number of imidazole rings is 1. The molecule has 0 bridgehead atoms. The van der Waals surface area contributed by atoms with Gasteiger partial charge in [-0.15, -0.1) is 0 Å². The summed E-state index contributed by atoms with van der Waals surface area (Å²) in [5, 5.41) is -0.126. The number of aromatic nitrogens is 2. The monoisotopic (exact) mass is 314 g/mol. The summed E-state index contributed by atoms with van der Waals surface area (Å²) in [6.07, 6.45) is 2.95. The molecular formula is C14H16F2N2O2S. The molecule has 0 aliphatic carbocycles. The van der Waals surface area contributed by atoms with Gasteiger partial charge in [0.05, 0.1) is 5.75 Å². The fraction of sp³-hybridized carbons (Fsp3) is 0.357. The summed E-state index contributed by atoms with van der Waals surface area (Å²) in [6, 6.07) is 2.83. The van der Waals surface area contributed by atoms with Crippen LogP contribution < -0.4 is 0 Å². The van der Waals surface area contributed by atoms with E-state index in [2.05, 4.69) is 4.98 Å². The Balaban J connectivity index is 2.42. The van der Waals surface area contributed by atoms with Gasteiger partial charge in [-0.25, -0.2) is 22.2 Å². The van der Waals surface area contributed by atoms with Gasteiger partial charge < -0.3 is 4.57 Å². The number of rotatable bonds is 3. The molecule has 0 aliphatic rings. The maximum atomic E-state index is 13.6. The molecule has 1 heterocycles. The standard InChI is InChI=1S/C14H16F2N2O2S/c1-14(2,3)18-7-6-17-13(18)21(19,20)9-10-4-5-11(15)8-12(10)16/h4-8H,9H2,1-3H3. The van der Waals surface area contributed by atoms with E-state index >= 15 is 0 Å². The van der Waals surface area contributed by atoms with Crippen molar-refractivity contribution in [2.75, 3.05) is 0 Å². The van der Waals surface area contributed by atoms with Crippen molar-refractivity contribution in [3.63, 3.8) is 0 Å². The van der Waals surface area contributed by atoms with E-state index in [-0.39, 0.29) is 10.7 Å². The second-order valence-corrected chi connectivity index (χ2v) is 7.63. The van der Waals surface area contributed by atoms with Crippen molar-refractivity contribution < 1.29 is 17.2 Å². The molecule has 0 saturated heterocycles. The lowest BCUT2D eigenvalue weighted by molar-refractivity contribution is 0.362. The van der Waals surface area contributed by atoms with Crippen molar-refractivity contribution in [2.24, 2.45) is 0 Å². The highest BCUT2D eigenvalue weighted by Gasteiger charge is 2.27. The number of hydrogen-bond acceptors (Lipinski definition) is 3. The van der Waals surface area contributed by atoms with E-state index < -0.39 is 32.8 Å². The van der Waals surface area contributed by atoms with Gasteiger partial charge in [-0.1, -0.05) is 6.07 Å². The van der Waals surface area contributed by atoms with Crippen LogP contribution >= 0.6 is 0 Å². The molecule has 0 unspecified atom stereocenters. The maximum Gasteiger partial charge on any atom is 0.228 e. The average Bonchev–Trinajstić information content (AvgIpc) is 2.82. The lowest BCUT2D eigenvalue weighted by atomic mass is 10.1. The number of hydrogen-bond donors (Lipinski definition) is 0. The van der Waals surface area contributed by atoms with Crippen molar-refractivity contribution in [3.8, 4) is 0 Å². The minimum atomic E-state index is -3.83. The molecule has 1 aromatic heterocycles. The Kier molecular flexibility index (Phi) is 3.88. The second-order valence-electron chi connectivity index (χ2n) is 5.75. The predicted molar refractivity (Wildman–Crippen MR) is 74.5 cm³/mol. The minimum Gasteiger partial charge on any atom is -0.317 e. The SMILES string of the molecule is CC(C)(C)n1ccnc1S(=O)(=O)Cc1ccc(F)cc1F. The normalized spacial score (nSPS) is 12.6. The Morgan fingerprint density at radius 1 is 1.24 bits per heavy atom. The Bertz CT molecular complexity index is 762. The summed E-state index contributed by atoms with van der Waals surface area (Å²) in [5.41, 5.74) is -0.555. The van der Waals surface area contributed by atoms with Crippen molar-refractivity contribution >= 4 is 9.84 Å². The molecule has 2 aromatic rings. The Labute approximate surface area is 122 Å². The zero-order chi connectivity index (χ0) is 15.8. The fourth-order valence-electron chi connectivity index (χ4n) is 1.94. The van der Waals surface area contributed by atoms with Gasteiger partial charge in [-0.05, 0) is 26.8 Å². The molecule has 0 aliphatic heterocycles. The maximum absolute atomic E-state index is 13.6. The molecule has 0 spiro atoms.